The molecule has 0 spiro atoms. The number of rotatable bonds is 8. The molecule has 0 aromatic rings. The third kappa shape index (κ3) is 8.24. The summed E-state index contributed by atoms with van der Waals surface area (Å²) in [4.78, 5) is 10.2. The van der Waals surface area contributed by atoms with Crippen LogP contribution in [0.15, 0.2) is 0 Å². The number of hydrogen-bond donors (Lipinski definition) is 0. The molecule has 0 saturated heterocycles. The van der Waals surface area contributed by atoms with Crippen molar-refractivity contribution < 1.29 is 9.53 Å². The lowest BCUT2D eigenvalue weighted by molar-refractivity contribution is -0.108. The van der Waals surface area contributed by atoms with E-state index in [2.05, 4.69) is 27.7 Å². The summed E-state index contributed by atoms with van der Waals surface area (Å²) in [5, 5.41) is 0. The Hall–Kier alpha value is -0.370. The van der Waals surface area contributed by atoms with Crippen LogP contribution in [0.3, 0.4) is 0 Å². The van der Waals surface area contributed by atoms with Crippen LogP contribution in [0.4, 0.5) is 0 Å². The summed E-state index contributed by atoms with van der Waals surface area (Å²) >= 11 is 0. The van der Waals surface area contributed by atoms with Gasteiger partial charge in [0, 0.05) is 13.0 Å². The molecule has 2 unspecified atom stereocenters. The van der Waals surface area contributed by atoms with Crippen molar-refractivity contribution in [3.05, 3.63) is 0 Å². The normalized spacial score (nSPS) is 15.5. The van der Waals surface area contributed by atoms with Gasteiger partial charge in [-0.2, -0.15) is 0 Å². The fraction of sp³-hybridized carbons (Fsp3) is 0.917. The molecule has 0 aromatic heterocycles. The highest BCUT2D eigenvalue weighted by Gasteiger charge is 2.09. The van der Waals surface area contributed by atoms with Crippen molar-refractivity contribution in [3.63, 3.8) is 0 Å². The van der Waals surface area contributed by atoms with Gasteiger partial charge in [0.05, 0.1) is 6.10 Å². The summed E-state index contributed by atoms with van der Waals surface area (Å²) in [6.07, 6.45) is 4.18. The molecule has 0 bridgehead atoms. The molecule has 0 rings (SSSR count). The lowest BCUT2D eigenvalue weighted by atomic mass is 9.94. The van der Waals surface area contributed by atoms with E-state index in [-0.39, 0.29) is 0 Å². The Balaban J connectivity index is 3.49. The summed E-state index contributed by atoms with van der Waals surface area (Å²) in [5.74, 6) is 1.23. The Morgan fingerprint density at radius 2 is 1.79 bits per heavy atom. The van der Waals surface area contributed by atoms with Crippen molar-refractivity contribution in [2.75, 3.05) is 6.61 Å². The van der Waals surface area contributed by atoms with Crippen LogP contribution >= 0.6 is 0 Å². The van der Waals surface area contributed by atoms with Crippen LogP contribution in [0.2, 0.25) is 0 Å². The van der Waals surface area contributed by atoms with E-state index in [9.17, 15) is 4.79 Å². The molecule has 0 N–H and O–H groups in total. The van der Waals surface area contributed by atoms with E-state index in [1.165, 1.54) is 0 Å². The molecule has 2 atom stereocenters. The first kappa shape index (κ1) is 13.6. The molecule has 84 valence electrons. The monoisotopic (exact) mass is 200 g/mol. The molecular weight excluding hydrogens is 176 g/mol. The highest BCUT2D eigenvalue weighted by atomic mass is 16.5. The first-order valence-electron chi connectivity index (χ1n) is 5.61. The zero-order chi connectivity index (χ0) is 11.0. The maximum absolute atomic E-state index is 10.2. The molecule has 0 radical (unpaired) electrons. The average Bonchev–Trinajstić information content (AvgIpc) is 2.11. The summed E-state index contributed by atoms with van der Waals surface area (Å²) in [5.41, 5.74) is 0. The third-order valence-electron chi connectivity index (χ3n) is 2.30. The van der Waals surface area contributed by atoms with E-state index < -0.39 is 0 Å². The molecule has 0 aliphatic heterocycles. The minimum atomic E-state index is 0.322. The first-order valence-corrected chi connectivity index (χ1v) is 5.61. The zero-order valence-electron chi connectivity index (χ0n) is 9.95. The van der Waals surface area contributed by atoms with Gasteiger partial charge in [-0.25, -0.2) is 0 Å². The fourth-order valence-electron chi connectivity index (χ4n) is 1.58. The minimum Gasteiger partial charge on any atom is -0.379 e. The van der Waals surface area contributed by atoms with Crippen LogP contribution in [0, 0.1) is 11.8 Å². The number of aldehydes is 1. The van der Waals surface area contributed by atoms with Gasteiger partial charge in [0.25, 0.3) is 0 Å². The molecule has 2 nitrogen and oxygen atoms in total. The van der Waals surface area contributed by atoms with E-state index in [1.54, 1.807) is 0 Å². The van der Waals surface area contributed by atoms with Crippen LogP contribution in [0.1, 0.15) is 47.0 Å². The second-order valence-electron chi connectivity index (χ2n) is 4.57. The maximum Gasteiger partial charge on any atom is 0.120 e. The first-order chi connectivity index (χ1) is 6.56. The van der Waals surface area contributed by atoms with E-state index in [0.717, 1.165) is 25.7 Å². The van der Waals surface area contributed by atoms with Gasteiger partial charge in [0.15, 0.2) is 0 Å². The van der Waals surface area contributed by atoms with Crippen LogP contribution in [-0.4, -0.2) is 19.0 Å². The summed E-state index contributed by atoms with van der Waals surface area (Å²) in [6, 6.07) is 0. The SMILES string of the molecule is CC(CCC=O)CC(C)COC(C)C. The molecule has 0 aromatic carbocycles. The number of ether oxygens (including phenoxy) is 1. The van der Waals surface area contributed by atoms with Crippen molar-refractivity contribution in [2.45, 2.75) is 53.1 Å². The van der Waals surface area contributed by atoms with Crippen molar-refractivity contribution in [1.82, 2.24) is 0 Å². The highest BCUT2D eigenvalue weighted by Crippen LogP contribution is 2.16. The fourth-order valence-corrected chi connectivity index (χ4v) is 1.58. The topological polar surface area (TPSA) is 26.3 Å². The van der Waals surface area contributed by atoms with Crippen molar-refractivity contribution in [3.8, 4) is 0 Å². The van der Waals surface area contributed by atoms with E-state index in [0.29, 0.717) is 24.4 Å². The summed E-state index contributed by atoms with van der Waals surface area (Å²) < 4.78 is 5.54. The van der Waals surface area contributed by atoms with E-state index >= 15 is 0 Å². The molecule has 0 heterocycles. The van der Waals surface area contributed by atoms with Gasteiger partial charge >= 0.3 is 0 Å². The van der Waals surface area contributed by atoms with Crippen molar-refractivity contribution in [1.29, 1.82) is 0 Å². The van der Waals surface area contributed by atoms with Crippen LogP contribution in [0.25, 0.3) is 0 Å². The quantitative estimate of drug-likeness (QED) is 0.563. The molecular formula is C12H24O2. The average molecular weight is 200 g/mol. The van der Waals surface area contributed by atoms with Gasteiger partial charge in [-0.1, -0.05) is 13.8 Å². The Morgan fingerprint density at radius 3 is 2.29 bits per heavy atom. The Bertz CT molecular complexity index is 143. The Labute approximate surface area is 88.0 Å². The third-order valence-corrected chi connectivity index (χ3v) is 2.30. The molecule has 0 saturated carbocycles. The predicted octanol–water partition coefficient (Wildman–Crippen LogP) is 3.05. The number of hydrogen-bond acceptors (Lipinski definition) is 2. The van der Waals surface area contributed by atoms with Crippen molar-refractivity contribution >= 4 is 6.29 Å². The van der Waals surface area contributed by atoms with Gasteiger partial charge in [-0.05, 0) is 38.5 Å². The van der Waals surface area contributed by atoms with Crippen LogP contribution in [-0.2, 0) is 9.53 Å². The summed E-state index contributed by atoms with van der Waals surface area (Å²) in [6.45, 7) is 9.36. The molecule has 0 amide bonds. The lowest BCUT2D eigenvalue weighted by Crippen LogP contribution is -2.13. The van der Waals surface area contributed by atoms with Gasteiger partial charge in [-0.3, -0.25) is 0 Å². The highest BCUT2D eigenvalue weighted by molar-refractivity contribution is 5.49. The van der Waals surface area contributed by atoms with E-state index in [1.807, 2.05) is 0 Å². The summed E-state index contributed by atoms with van der Waals surface area (Å²) in [7, 11) is 0. The maximum atomic E-state index is 10.2. The standard InChI is InChI=1S/C12H24O2/c1-10(2)14-9-12(4)8-11(3)6-5-7-13/h7,10-12H,5-6,8-9H2,1-4H3. The largest absolute Gasteiger partial charge is 0.379 e. The minimum absolute atomic E-state index is 0.322. The molecule has 14 heavy (non-hydrogen) atoms. The second-order valence-corrected chi connectivity index (χ2v) is 4.57. The van der Waals surface area contributed by atoms with Crippen LogP contribution < -0.4 is 0 Å². The lowest BCUT2D eigenvalue weighted by Gasteiger charge is -2.17. The smallest absolute Gasteiger partial charge is 0.120 e. The Morgan fingerprint density at radius 1 is 1.14 bits per heavy atom. The number of carbonyl (C=O) groups is 1. The Kier molecular flexibility index (Phi) is 7.77. The number of carbonyl (C=O) groups excluding carboxylic acids is 1. The second kappa shape index (κ2) is 7.98. The van der Waals surface area contributed by atoms with Gasteiger partial charge in [0.2, 0.25) is 0 Å². The molecule has 0 fully saturated rings. The predicted molar refractivity (Wildman–Crippen MR) is 59.3 cm³/mol. The zero-order valence-corrected chi connectivity index (χ0v) is 9.95. The molecule has 2 heteroatoms. The molecule has 0 aliphatic carbocycles. The van der Waals surface area contributed by atoms with Gasteiger partial charge in [0.1, 0.15) is 6.29 Å². The van der Waals surface area contributed by atoms with Gasteiger partial charge in [-0.15, -0.1) is 0 Å². The van der Waals surface area contributed by atoms with Gasteiger partial charge < -0.3 is 9.53 Å². The van der Waals surface area contributed by atoms with E-state index in [4.69, 9.17) is 4.74 Å². The van der Waals surface area contributed by atoms with Crippen molar-refractivity contribution in [2.24, 2.45) is 11.8 Å². The molecule has 0 aliphatic rings. The van der Waals surface area contributed by atoms with Crippen LogP contribution in [0.5, 0.6) is 0 Å².